The molecule has 2 unspecified atom stereocenters. The van der Waals surface area contributed by atoms with Gasteiger partial charge in [0.15, 0.2) is 0 Å². The average Bonchev–Trinajstić information content (AvgIpc) is 2.88. The second-order valence-corrected chi connectivity index (χ2v) is 6.18. The van der Waals surface area contributed by atoms with Crippen molar-refractivity contribution in [1.82, 2.24) is 5.32 Å². The van der Waals surface area contributed by atoms with Gasteiger partial charge in [0.05, 0.1) is 17.9 Å². The summed E-state index contributed by atoms with van der Waals surface area (Å²) in [5.74, 6) is -1.94. The third-order valence-corrected chi connectivity index (χ3v) is 4.43. The van der Waals surface area contributed by atoms with E-state index in [0.717, 1.165) is 16.5 Å². The molecule has 1 amide bonds. The minimum Gasteiger partial charge on any atom is -0.481 e. The quantitative estimate of drug-likeness (QED) is 0.885. The Labute approximate surface area is 126 Å². The molecule has 5 heteroatoms. The van der Waals surface area contributed by atoms with Crippen LogP contribution in [0.5, 0.6) is 0 Å². The number of nitrogens with one attached hydrogen (secondary N) is 1. The molecule has 1 fully saturated rings. The van der Waals surface area contributed by atoms with Gasteiger partial charge < -0.3 is 10.4 Å². The molecule has 20 heavy (non-hydrogen) atoms. The summed E-state index contributed by atoms with van der Waals surface area (Å²) in [7, 11) is 0. The molecule has 1 aromatic carbocycles. The molecule has 0 saturated heterocycles. The zero-order valence-electron chi connectivity index (χ0n) is 11.3. The van der Waals surface area contributed by atoms with E-state index in [2.05, 4.69) is 21.2 Å². The highest BCUT2D eigenvalue weighted by molar-refractivity contribution is 9.10. The molecule has 0 spiro atoms. The maximum absolute atomic E-state index is 12.2. The summed E-state index contributed by atoms with van der Waals surface area (Å²) < 4.78 is 0.988. The first kappa shape index (κ1) is 15.0. The lowest BCUT2D eigenvalue weighted by Crippen LogP contribution is -2.36. The summed E-state index contributed by atoms with van der Waals surface area (Å²) in [6, 6.07) is 7.61. The number of carboxylic acids is 1. The van der Waals surface area contributed by atoms with E-state index < -0.39 is 17.8 Å². The van der Waals surface area contributed by atoms with Crippen molar-refractivity contribution in [2.75, 3.05) is 0 Å². The molecular weight excluding hydrogens is 322 g/mol. The lowest BCUT2D eigenvalue weighted by Gasteiger charge is -2.20. The van der Waals surface area contributed by atoms with Crippen LogP contribution in [0.25, 0.3) is 0 Å². The number of amides is 1. The molecular formula is C15H18BrNO3. The molecule has 1 aliphatic carbocycles. The summed E-state index contributed by atoms with van der Waals surface area (Å²) in [6.45, 7) is 1.91. The van der Waals surface area contributed by atoms with Gasteiger partial charge in [-0.15, -0.1) is 0 Å². The molecule has 0 heterocycles. The van der Waals surface area contributed by atoms with Crippen LogP contribution in [0.2, 0.25) is 0 Å². The SMILES string of the molecule is C[C@@H](NC(=O)C1CCCC1C(=O)O)c1ccc(Br)cc1. The highest BCUT2D eigenvalue weighted by atomic mass is 79.9. The molecule has 3 atom stereocenters. The van der Waals surface area contributed by atoms with Crippen molar-refractivity contribution < 1.29 is 14.7 Å². The predicted molar refractivity (Wildman–Crippen MR) is 79.2 cm³/mol. The van der Waals surface area contributed by atoms with Gasteiger partial charge in [0.1, 0.15) is 0 Å². The van der Waals surface area contributed by atoms with Gasteiger partial charge in [-0.25, -0.2) is 0 Å². The number of benzene rings is 1. The first-order valence-electron chi connectivity index (χ1n) is 6.77. The van der Waals surface area contributed by atoms with E-state index in [-0.39, 0.29) is 11.9 Å². The lowest BCUT2D eigenvalue weighted by atomic mass is 9.94. The van der Waals surface area contributed by atoms with Crippen LogP contribution in [0, 0.1) is 11.8 Å². The Morgan fingerprint density at radius 1 is 1.25 bits per heavy atom. The van der Waals surface area contributed by atoms with E-state index in [0.29, 0.717) is 12.8 Å². The number of halogens is 1. The van der Waals surface area contributed by atoms with Crippen molar-refractivity contribution in [2.45, 2.75) is 32.2 Å². The van der Waals surface area contributed by atoms with Crippen LogP contribution in [0.4, 0.5) is 0 Å². The van der Waals surface area contributed by atoms with E-state index in [1.54, 1.807) is 0 Å². The van der Waals surface area contributed by atoms with Crippen LogP contribution < -0.4 is 5.32 Å². The molecule has 0 aliphatic heterocycles. The Balaban J connectivity index is 2.00. The van der Waals surface area contributed by atoms with Crippen molar-refractivity contribution in [3.05, 3.63) is 34.3 Å². The van der Waals surface area contributed by atoms with Gasteiger partial charge in [0.2, 0.25) is 5.91 Å². The average molecular weight is 340 g/mol. The van der Waals surface area contributed by atoms with Crippen LogP contribution in [0.1, 0.15) is 37.8 Å². The highest BCUT2D eigenvalue weighted by Gasteiger charge is 2.38. The number of rotatable bonds is 4. The van der Waals surface area contributed by atoms with E-state index in [4.69, 9.17) is 5.11 Å². The lowest BCUT2D eigenvalue weighted by molar-refractivity contribution is -0.146. The first-order chi connectivity index (χ1) is 9.49. The summed E-state index contributed by atoms with van der Waals surface area (Å²) in [5.41, 5.74) is 1.01. The number of carbonyl (C=O) groups excluding carboxylic acids is 1. The second kappa shape index (κ2) is 6.39. The minimum atomic E-state index is -0.862. The Bertz CT molecular complexity index is 500. The Kier molecular flexibility index (Phi) is 4.81. The largest absolute Gasteiger partial charge is 0.481 e. The molecule has 2 rings (SSSR count). The van der Waals surface area contributed by atoms with Gasteiger partial charge >= 0.3 is 5.97 Å². The number of carboxylic acid groups (broad SMARTS) is 1. The van der Waals surface area contributed by atoms with Crippen LogP contribution in [-0.4, -0.2) is 17.0 Å². The fraction of sp³-hybridized carbons (Fsp3) is 0.467. The molecule has 0 bridgehead atoms. The molecule has 108 valence electrons. The number of aliphatic carboxylic acids is 1. The van der Waals surface area contributed by atoms with E-state index in [9.17, 15) is 9.59 Å². The molecule has 0 aromatic heterocycles. The maximum Gasteiger partial charge on any atom is 0.307 e. The third kappa shape index (κ3) is 3.39. The first-order valence-corrected chi connectivity index (χ1v) is 7.57. The Morgan fingerprint density at radius 3 is 2.45 bits per heavy atom. The fourth-order valence-electron chi connectivity index (χ4n) is 2.72. The van der Waals surface area contributed by atoms with Crippen LogP contribution in [0.15, 0.2) is 28.7 Å². The predicted octanol–water partition coefficient (Wildman–Crippen LogP) is 3.13. The third-order valence-electron chi connectivity index (χ3n) is 3.90. The fourth-order valence-corrected chi connectivity index (χ4v) is 2.99. The second-order valence-electron chi connectivity index (χ2n) is 5.26. The number of hydrogen-bond donors (Lipinski definition) is 2. The van der Waals surface area contributed by atoms with Crippen LogP contribution in [-0.2, 0) is 9.59 Å². The molecule has 0 radical (unpaired) electrons. The Morgan fingerprint density at radius 2 is 1.85 bits per heavy atom. The maximum atomic E-state index is 12.2. The molecule has 1 aliphatic rings. The van der Waals surface area contributed by atoms with E-state index in [1.807, 2.05) is 31.2 Å². The standard InChI is InChI=1S/C15H18BrNO3/c1-9(10-5-7-11(16)8-6-10)17-14(18)12-3-2-4-13(12)15(19)20/h5-9,12-13H,2-4H2,1H3,(H,17,18)(H,19,20)/t9-,12?,13?/m1/s1. The van der Waals surface area contributed by atoms with E-state index in [1.165, 1.54) is 0 Å². The zero-order valence-corrected chi connectivity index (χ0v) is 12.9. The van der Waals surface area contributed by atoms with Crippen molar-refractivity contribution >= 4 is 27.8 Å². The monoisotopic (exact) mass is 339 g/mol. The van der Waals surface area contributed by atoms with Crippen molar-refractivity contribution in [1.29, 1.82) is 0 Å². The van der Waals surface area contributed by atoms with Crippen molar-refractivity contribution in [3.63, 3.8) is 0 Å². The van der Waals surface area contributed by atoms with Gasteiger partial charge in [0, 0.05) is 4.47 Å². The normalized spacial score (nSPS) is 23.3. The highest BCUT2D eigenvalue weighted by Crippen LogP contribution is 2.32. The van der Waals surface area contributed by atoms with Crippen molar-refractivity contribution in [3.8, 4) is 0 Å². The van der Waals surface area contributed by atoms with Gasteiger partial charge in [-0.1, -0.05) is 34.5 Å². The van der Waals surface area contributed by atoms with Crippen LogP contribution >= 0.6 is 15.9 Å². The van der Waals surface area contributed by atoms with Crippen molar-refractivity contribution in [2.24, 2.45) is 11.8 Å². The van der Waals surface area contributed by atoms with Crippen LogP contribution in [0.3, 0.4) is 0 Å². The van der Waals surface area contributed by atoms with Gasteiger partial charge in [0.25, 0.3) is 0 Å². The summed E-state index contributed by atoms with van der Waals surface area (Å²) in [5, 5.41) is 12.1. The molecule has 2 N–H and O–H groups in total. The topological polar surface area (TPSA) is 66.4 Å². The van der Waals surface area contributed by atoms with Gasteiger partial charge in [-0.05, 0) is 37.5 Å². The summed E-state index contributed by atoms with van der Waals surface area (Å²) >= 11 is 3.37. The van der Waals surface area contributed by atoms with E-state index >= 15 is 0 Å². The smallest absolute Gasteiger partial charge is 0.307 e. The minimum absolute atomic E-state index is 0.120. The van der Waals surface area contributed by atoms with Gasteiger partial charge in [-0.2, -0.15) is 0 Å². The Hall–Kier alpha value is -1.36. The molecule has 1 aromatic rings. The van der Waals surface area contributed by atoms with Gasteiger partial charge in [-0.3, -0.25) is 9.59 Å². The summed E-state index contributed by atoms with van der Waals surface area (Å²) in [4.78, 5) is 23.4. The zero-order chi connectivity index (χ0) is 14.7. The number of hydrogen-bond acceptors (Lipinski definition) is 2. The molecule has 4 nitrogen and oxygen atoms in total. The molecule has 1 saturated carbocycles. The summed E-state index contributed by atoms with van der Waals surface area (Å²) in [6.07, 6.45) is 2.07. The number of carbonyl (C=O) groups is 2.